The van der Waals surface area contributed by atoms with Crippen molar-refractivity contribution < 1.29 is 9.59 Å². The number of carbonyl (C=O) groups is 2. The summed E-state index contributed by atoms with van der Waals surface area (Å²) in [4.78, 5) is 23.5. The summed E-state index contributed by atoms with van der Waals surface area (Å²) in [6, 6.07) is 17.8. The van der Waals surface area contributed by atoms with Crippen LogP contribution in [0.2, 0.25) is 0 Å². The van der Waals surface area contributed by atoms with Crippen LogP contribution in [-0.2, 0) is 7.05 Å². The Bertz CT molecular complexity index is 883. The molecule has 1 aromatic heterocycles. The van der Waals surface area contributed by atoms with Crippen molar-refractivity contribution in [1.29, 1.82) is 0 Å². The second-order valence-corrected chi connectivity index (χ2v) is 5.30. The van der Waals surface area contributed by atoms with Gasteiger partial charge in [0, 0.05) is 23.9 Å². The van der Waals surface area contributed by atoms with E-state index in [0.717, 1.165) is 11.3 Å². The van der Waals surface area contributed by atoms with Crippen LogP contribution in [0.4, 0.5) is 5.69 Å². The van der Waals surface area contributed by atoms with E-state index in [0.29, 0.717) is 16.9 Å². The van der Waals surface area contributed by atoms with E-state index in [2.05, 4.69) is 10.4 Å². The monoisotopic (exact) mass is 320 g/mol. The molecular weight excluding hydrogens is 304 g/mol. The summed E-state index contributed by atoms with van der Waals surface area (Å²) in [6.07, 6.45) is 0. The molecule has 0 aliphatic rings. The van der Waals surface area contributed by atoms with Crippen LogP contribution in [0, 0.1) is 0 Å². The minimum Gasteiger partial charge on any atom is -0.366 e. The largest absolute Gasteiger partial charge is 0.366 e. The third-order valence-corrected chi connectivity index (χ3v) is 3.61. The van der Waals surface area contributed by atoms with Crippen molar-refractivity contribution >= 4 is 17.5 Å². The number of benzene rings is 2. The molecule has 0 radical (unpaired) electrons. The van der Waals surface area contributed by atoms with Gasteiger partial charge in [-0.25, -0.2) is 0 Å². The van der Waals surface area contributed by atoms with Gasteiger partial charge in [-0.3, -0.25) is 14.3 Å². The van der Waals surface area contributed by atoms with E-state index >= 15 is 0 Å². The SMILES string of the molecule is Cn1nc(-c2ccccc2)cc1C(=O)Nc1ccc(C(N)=O)cc1. The lowest BCUT2D eigenvalue weighted by Gasteiger charge is -2.05. The second-order valence-electron chi connectivity index (χ2n) is 5.30. The molecule has 0 fully saturated rings. The van der Waals surface area contributed by atoms with Crippen molar-refractivity contribution in [3.05, 3.63) is 71.9 Å². The van der Waals surface area contributed by atoms with Gasteiger partial charge >= 0.3 is 0 Å². The number of aromatic nitrogens is 2. The Labute approximate surface area is 138 Å². The molecule has 0 saturated heterocycles. The lowest BCUT2D eigenvalue weighted by atomic mass is 10.1. The van der Waals surface area contributed by atoms with Gasteiger partial charge in [0.25, 0.3) is 5.91 Å². The maximum atomic E-state index is 12.4. The van der Waals surface area contributed by atoms with Gasteiger partial charge in [-0.2, -0.15) is 5.10 Å². The van der Waals surface area contributed by atoms with E-state index in [4.69, 9.17) is 5.73 Å². The zero-order valence-corrected chi connectivity index (χ0v) is 13.1. The highest BCUT2D eigenvalue weighted by atomic mass is 16.2. The smallest absolute Gasteiger partial charge is 0.273 e. The van der Waals surface area contributed by atoms with Gasteiger partial charge < -0.3 is 11.1 Å². The average Bonchev–Trinajstić information content (AvgIpc) is 2.98. The molecule has 0 spiro atoms. The van der Waals surface area contributed by atoms with Crippen LogP contribution in [0.3, 0.4) is 0 Å². The average molecular weight is 320 g/mol. The molecule has 0 unspecified atom stereocenters. The Morgan fingerprint density at radius 3 is 2.33 bits per heavy atom. The van der Waals surface area contributed by atoms with Gasteiger partial charge in [0.05, 0.1) is 5.69 Å². The standard InChI is InChI=1S/C18H16N4O2/c1-22-16(11-15(21-22)12-5-3-2-4-6-12)18(24)20-14-9-7-13(8-10-14)17(19)23/h2-11H,1H3,(H2,19,23)(H,20,24). The molecule has 3 N–H and O–H groups in total. The summed E-state index contributed by atoms with van der Waals surface area (Å²) in [5.41, 5.74) is 8.27. The van der Waals surface area contributed by atoms with Crippen molar-refractivity contribution in [3.63, 3.8) is 0 Å². The van der Waals surface area contributed by atoms with Crippen LogP contribution in [0.5, 0.6) is 0 Å². The third kappa shape index (κ3) is 3.17. The van der Waals surface area contributed by atoms with Crippen LogP contribution in [0.15, 0.2) is 60.7 Å². The topological polar surface area (TPSA) is 90.0 Å². The summed E-state index contributed by atoms with van der Waals surface area (Å²) in [5, 5.41) is 7.15. The molecule has 1 heterocycles. The predicted molar refractivity (Wildman–Crippen MR) is 91.6 cm³/mol. The van der Waals surface area contributed by atoms with Crippen molar-refractivity contribution in [1.82, 2.24) is 9.78 Å². The fourth-order valence-corrected chi connectivity index (χ4v) is 2.34. The second kappa shape index (κ2) is 6.37. The highest BCUT2D eigenvalue weighted by Gasteiger charge is 2.14. The van der Waals surface area contributed by atoms with Crippen LogP contribution in [0.1, 0.15) is 20.8 Å². The van der Waals surface area contributed by atoms with Crippen LogP contribution in [-0.4, -0.2) is 21.6 Å². The van der Waals surface area contributed by atoms with Crippen molar-refractivity contribution in [2.24, 2.45) is 12.8 Å². The summed E-state index contributed by atoms with van der Waals surface area (Å²) >= 11 is 0. The molecule has 0 atom stereocenters. The van der Waals surface area contributed by atoms with Crippen molar-refractivity contribution in [2.75, 3.05) is 5.32 Å². The molecule has 0 saturated carbocycles. The number of nitrogens with zero attached hydrogens (tertiary/aromatic N) is 2. The number of anilines is 1. The Kier molecular flexibility index (Phi) is 4.11. The molecule has 6 nitrogen and oxygen atoms in total. The third-order valence-electron chi connectivity index (χ3n) is 3.61. The maximum Gasteiger partial charge on any atom is 0.273 e. The molecule has 120 valence electrons. The van der Waals surface area contributed by atoms with Gasteiger partial charge in [0.15, 0.2) is 0 Å². The van der Waals surface area contributed by atoms with Gasteiger partial charge in [0.1, 0.15) is 5.69 Å². The number of rotatable bonds is 4. The van der Waals surface area contributed by atoms with E-state index in [9.17, 15) is 9.59 Å². The Morgan fingerprint density at radius 2 is 1.71 bits per heavy atom. The molecule has 0 aliphatic carbocycles. The number of hydrogen-bond acceptors (Lipinski definition) is 3. The normalized spacial score (nSPS) is 10.4. The number of hydrogen-bond donors (Lipinski definition) is 2. The minimum atomic E-state index is -0.507. The summed E-state index contributed by atoms with van der Waals surface area (Å²) < 4.78 is 1.54. The Morgan fingerprint density at radius 1 is 1.04 bits per heavy atom. The van der Waals surface area contributed by atoms with E-state index in [1.165, 1.54) is 4.68 Å². The molecule has 0 bridgehead atoms. The summed E-state index contributed by atoms with van der Waals surface area (Å²) in [6.45, 7) is 0. The van der Waals surface area contributed by atoms with Crippen molar-refractivity contribution in [2.45, 2.75) is 0 Å². The summed E-state index contributed by atoms with van der Waals surface area (Å²) in [5.74, 6) is -0.786. The molecule has 2 aromatic carbocycles. The lowest BCUT2D eigenvalue weighted by molar-refractivity contribution is 0.0997. The van der Waals surface area contributed by atoms with E-state index < -0.39 is 5.91 Å². The minimum absolute atomic E-state index is 0.279. The first-order valence-electron chi connectivity index (χ1n) is 7.35. The quantitative estimate of drug-likeness (QED) is 0.773. The highest BCUT2D eigenvalue weighted by Crippen LogP contribution is 2.19. The van der Waals surface area contributed by atoms with E-state index in [-0.39, 0.29) is 5.91 Å². The predicted octanol–water partition coefficient (Wildman–Crippen LogP) is 2.44. The lowest BCUT2D eigenvalue weighted by Crippen LogP contribution is -2.16. The fraction of sp³-hybridized carbons (Fsp3) is 0.0556. The molecule has 6 heteroatoms. The molecule has 24 heavy (non-hydrogen) atoms. The number of aryl methyl sites for hydroxylation is 1. The Hall–Kier alpha value is -3.41. The molecule has 0 aliphatic heterocycles. The highest BCUT2D eigenvalue weighted by molar-refractivity contribution is 6.04. The number of carbonyl (C=O) groups excluding carboxylic acids is 2. The number of nitrogens with two attached hydrogens (primary N) is 1. The molecule has 3 aromatic rings. The number of nitrogens with one attached hydrogen (secondary N) is 1. The van der Waals surface area contributed by atoms with Crippen LogP contribution in [0.25, 0.3) is 11.3 Å². The number of amides is 2. The molecule has 2 amide bonds. The fourth-order valence-electron chi connectivity index (χ4n) is 2.34. The first-order valence-corrected chi connectivity index (χ1v) is 7.35. The summed E-state index contributed by atoms with van der Waals surface area (Å²) in [7, 11) is 1.72. The van der Waals surface area contributed by atoms with Gasteiger partial charge in [-0.15, -0.1) is 0 Å². The van der Waals surface area contributed by atoms with Crippen LogP contribution < -0.4 is 11.1 Å². The zero-order valence-electron chi connectivity index (χ0n) is 13.1. The Balaban J connectivity index is 1.80. The zero-order chi connectivity index (χ0) is 17.1. The van der Waals surface area contributed by atoms with Gasteiger partial charge in [-0.1, -0.05) is 30.3 Å². The molecule has 3 rings (SSSR count). The number of primary amides is 1. The van der Waals surface area contributed by atoms with E-state index in [1.54, 1.807) is 37.4 Å². The van der Waals surface area contributed by atoms with Crippen LogP contribution >= 0.6 is 0 Å². The van der Waals surface area contributed by atoms with Gasteiger partial charge in [-0.05, 0) is 30.3 Å². The molecular formula is C18H16N4O2. The maximum absolute atomic E-state index is 12.4. The van der Waals surface area contributed by atoms with Gasteiger partial charge in [0.2, 0.25) is 5.91 Å². The van der Waals surface area contributed by atoms with Crippen molar-refractivity contribution in [3.8, 4) is 11.3 Å². The first kappa shape index (κ1) is 15.5. The first-order chi connectivity index (χ1) is 11.5. The van der Waals surface area contributed by atoms with E-state index in [1.807, 2.05) is 30.3 Å².